The van der Waals surface area contributed by atoms with Gasteiger partial charge in [-0.3, -0.25) is 4.79 Å². The van der Waals surface area contributed by atoms with E-state index in [-0.39, 0.29) is 16.9 Å². The van der Waals surface area contributed by atoms with Crippen LogP contribution in [0.2, 0.25) is 0 Å². The number of hydrogen-bond acceptors (Lipinski definition) is 2. The third kappa shape index (κ3) is 2.35. The van der Waals surface area contributed by atoms with E-state index in [0.717, 1.165) is 18.9 Å². The highest BCUT2D eigenvalue weighted by Crippen LogP contribution is 2.20. The van der Waals surface area contributed by atoms with Crippen LogP contribution in [0, 0.1) is 18.6 Å². The Morgan fingerprint density at radius 3 is 2.71 bits per heavy atom. The lowest BCUT2D eigenvalue weighted by Crippen LogP contribution is -2.13. The van der Waals surface area contributed by atoms with Crippen LogP contribution in [0.15, 0.2) is 24.0 Å². The molecule has 0 unspecified atom stereocenters. The number of halogens is 2. The fraction of sp³-hybridized carbons (Fsp3) is 0.308. The second-order valence-electron chi connectivity index (χ2n) is 3.97. The molecule has 2 rings (SSSR count). The van der Waals surface area contributed by atoms with Crippen molar-refractivity contribution in [2.45, 2.75) is 19.8 Å². The molecule has 2 nitrogen and oxygen atoms in total. The monoisotopic (exact) mass is 238 g/mol. The molecule has 90 valence electrons. The number of carbonyl (C=O) groups is 1. The first-order valence-corrected chi connectivity index (χ1v) is 5.43. The fourth-order valence-electron chi connectivity index (χ4n) is 1.68. The van der Waals surface area contributed by atoms with E-state index < -0.39 is 17.4 Å². The molecular weight excluding hydrogens is 226 g/mol. The number of rotatable bonds is 2. The molecule has 1 aliphatic heterocycles. The molecule has 0 aromatic heterocycles. The molecule has 0 radical (unpaired) electrons. The van der Waals surface area contributed by atoms with Crippen molar-refractivity contribution in [3.05, 3.63) is 46.7 Å². The minimum Gasteiger partial charge on any atom is -0.490 e. The van der Waals surface area contributed by atoms with E-state index in [1.165, 1.54) is 13.0 Å². The summed E-state index contributed by atoms with van der Waals surface area (Å²) in [5.41, 5.74) is 0.100. The van der Waals surface area contributed by atoms with Crippen LogP contribution in [0.3, 0.4) is 0 Å². The molecule has 1 aromatic carbocycles. The van der Waals surface area contributed by atoms with Gasteiger partial charge in [-0.2, -0.15) is 0 Å². The van der Waals surface area contributed by atoms with E-state index in [1.54, 1.807) is 6.08 Å². The predicted octanol–water partition coefficient (Wildman–Crippen LogP) is 3.15. The second-order valence-corrected chi connectivity index (χ2v) is 3.97. The van der Waals surface area contributed by atoms with E-state index in [1.807, 2.05) is 0 Å². The Bertz CT molecular complexity index is 492. The van der Waals surface area contributed by atoms with Crippen molar-refractivity contribution in [1.29, 1.82) is 0 Å². The number of Topliss-reactive ketones (excluding diaryl/α,β-unsaturated/α-hetero) is 1. The molecule has 0 saturated carbocycles. The van der Waals surface area contributed by atoms with Crippen molar-refractivity contribution in [3.63, 3.8) is 0 Å². The molecule has 0 bridgehead atoms. The highest BCUT2D eigenvalue weighted by molar-refractivity contribution is 6.07. The van der Waals surface area contributed by atoms with Gasteiger partial charge in [0.1, 0.15) is 11.6 Å². The Hall–Kier alpha value is -1.71. The smallest absolute Gasteiger partial charge is 0.230 e. The van der Waals surface area contributed by atoms with Crippen LogP contribution in [-0.2, 0) is 4.74 Å². The standard InChI is InChI=1S/C13H12F2O2/c1-8-6-9(11(15)7-10(8)14)13(16)12-4-2-3-5-17-12/h4,6-7H,2-3,5H2,1H3. The Morgan fingerprint density at radius 1 is 1.29 bits per heavy atom. The lowest BCUT2D eigenvalue weighted by Gasteiger charge is -2.14. The molecule has 1 aliphatic rings. The number of benzene rings is 1. The third-order valence-corrected chi connectivity index (χ3v) is 2.65. The quantitative estimate of drug-likeness (QED) is 0.740. The molecule has 1 heterocycles. The molecule has 0 saturated heterocycles. The average Bonchev–Trinajstić information content (AvgIpc) is 2.34. The zero-order chi connectivity index (χ0) is 12.4. The van der Waals surface area contributed by atoms with E-state index in [0.29, 0.717) is 6.61 Å². The maximum absolute atomic E-state index is 13.5. The van der Waals surface area contributed by atoms with Gasteiger partial charge in [0.05, 0.1) is 12.2 Å². The van der Waals surface area contributed by atoms with E-state index >= 15 is 0 Å². The molecule has 0 N–H and O–H groups in total. The summed E-state index contributed by atoms with van der Waals surface area (Å²) in [6.07, 6.45) is 3.23. The van der Waals surface area contributed by atoms with E-state index in [2.05, 4.69) is 0 Å². The van der Waals surface area contributed by atoms with E-state index in [9.17, 15) is 13.6 Å². The minimum atomic E-state index is -0.854. The van der Waals surface area contributed by atoms with Crippen LogP contribution in [-0.4, -0.2) is 12.4 Å². The number of ether oxygens (including phenoxy) is 1. The van der Waals surface area contributed by atoms with Gasteiger partial charge in [-0.15, -0.1) is 0 Å². The molecular formula is C13H12F2O2. The first-order valence-electron chi connectivity index (χ1n) is 5.43. The van der Waals surface area contributed by atoms with Crippen molar-refractivity contribution in [2.75, 3.05) is 6.61 Å². The Labute approximate surface area is 97.9 Å². The molecule has 4 heteroatoms. The highest BCUT2D eigenvalue weighted by atomic mass is 19.1. The van der Waals surface area contributed by atoms with Gasteiger partial charge in [0.2, 0.25) is 5.78 Å². The van der Waals surface area contributed by atoms with Gasteiger partial charge in [-0.05, 0) is 37.5 Å². The van der Waals surface area contributed by atoms with E-state index in [4.69, 9.17) is 4.74 Å². The fourth-order valence-corrected chi connectivity index (χ4v) is 1.68. The first kappa shape index (κ1) is 11.8. The predicted molar refractivity (Wildman–Crippen MR) is 58.7 cm³/mol. The van der Waals surface area contributed by atoms with Gasteiger partial charge >= 0.3 is 0 Å². The number of hydrogen-bond donors (Lipinski definition) is 0. The van der Waals surface area contributed by atoms with Crippen LogP contribution < -0.4 is 0 Å². The molecule has 0 atom stereocenters. The lowest BCUT2D eigenvalue weighted by atomic mass is 10.0. The number of ketones is 1. The summed E-state index contributed by atoms with van der Waals surface area (Å²) in [5.74, 6) is -1.88. The Morgan fingerprint density at radius 2 is 2.06 bits per heavy atom. The molecule has 0 spiro atoms. The maximum atomic E-state index is 13.5. The molecule has 0 fully saturated rings. The van der Waals surface area contributed by atoms with Crippen LogP contribution in [0.4, 0.5) is 8.78 Å². The molecule has 1 aromatic rings. The van der Waals surface area contributed by atoms with Crippen molar-refractivity contribution in [1.82, 2.24) is 0 Å². The Balaban J connectivity index is 2.37. The zero-order valence-electron chi connectivity index (χ0n) is 9.43. The van der Waals surface area contributed by atoms with Gasteiger partial charge in [-0.1, -0.05) is 0 Å². The lowest BCUT2D eigenvalue weighted by molar-refractivity contribution is 0.0895. The van der Waals surface area contributed by atoms with Crippen molar-refractivity contribution < 1.29 is 18.3 Å². The van der Waals surface area contributed by atoms with Crippen LogP contribution in [0.5, 0.6) is 0 Å². The Kier molecular flexibility index (Phi) is 3.22. The molecule has 0 aliphatic carbocycles. The summed E-state index contributed by atoms with van der Waals surface area (Å²) >= 11 is 0. The summed E-state index contributed by atoms with van der Waals surface area (Å²) in [6.45, 7) is 1.95. The summed E-state index contributed by atoms with van der Waals surface area (Å²) in [7, 11) is 0. The number of carbonyl (C=O) groups excluding carboxylic acids is 1. The topological polar surface area (TPSA) is 26.3 Å². The van der Waals surface area contributed by atoms with Gasteiger partial charge in [0, 0.05) is 6.07 Å². The van der Waals surface area contributed by atoms with Gasteiger partial charge in [-0.25, -0.2) is 8.78 Å². The van der Waals surface area contributed by atoms with Gasteiger partial charge in [0.15, 0.2) is 5.76 Å². The summed E-state index contributed by atoms with van der Waals surface area (Å²) < 4.78 is 31.7. The summed E-state index contributed by atoms with van der Waals surface area (Å²) in [6, 6.07) is 1.94. The zero-order valence-corrected chi connectivity index (χ0v) is 9.43. The van der Waals surface area contributed by atoms with Crippen molar-refractivity contribution >= 4 is 5.78 Å². The second kappa shape index (κ2) is 4.65. The maximum Gasteiger partial charge on any atom is 0.230 e. The number of allylic oxidation sites excluding steroid dienone is 2. The third-order valence-electron chi connectivity index (χ3n) is 2.65. The van der Waals surface area contributed by atoms with Crippen LogP contribution >= 0.6 is 0 Å². The average molecular weight is 238 g/mol. The largest absolute Gasteiger partial charge is 0.490 e. The van der Waals surface area contributed by atoms with Crippen LogP contribution in [0.25, 0.3) is 0 Å². The van der Waals surface area contributed by atoms with Gasteiger partial charge < -0.3 is 4.74 Å². The van der Waals surface area contributed by atoms with Crippen molar-refractivity contribution in [3.8, 4) is 0 Å². The molecule has 17 heavy (non-hydrogen) atoms. The van der Waals surface area contributed by atoms with Crippen molar-refractivity contribution in [2.24, 2.45) is 0 Å². The normalized spacial score (nSPS) is 15.1. The number of aryl methyl sites for hydroxylation is 1. The summed E-state index contributed by atoms with van der Waals surface area (Å²) in [4.78, 5) is 11.9. The first-order chi connectivity index (χ1) is 8.09. The van der Waals surface area contributed by atoms with Crippen LogP contribution in [0.1, 0.15) is 28.8 Å². The minimum absolute atomic E-state index is 0.142. The van der Waals surface area contributed by atoms with Gasteiger partial charge in [0.25, 0.3) is 0 Å². The summed E-state index contributed by atoms with van der Waals surface area (Å²) in [5, 5.41) is 0. The highest BCUT2D eigenvalue weighted by Gasteiger charge is 2.20. The molecule has 0 amide bonds. The SMILES string of the molecule is Cc1cc(C(=O)C2=CCCCO2)c(F)cc1F.